The Bertz CT molecular complexity index is 612. The number of aliphatic imine (C=N–C) groups is 1. The van der Waals surface area contributed by atoms with E-state index in [-0.39, 0.29) is 29.9 Å². The molecule has 2 heterocycles. The summed E-state index contributed by atoms with van der Waals surface area (Å²) in [6.45, 7) is 4.24. The molecule has 1 aliphatic heterocycles. The maximum Gasteiger partial charge on any atom is 0.221 e. The third-order valence-electron chi connectivity index (χ3n) is 5.37. The van der Waals surface area contributed by atoms with E-state index in [9.17, 15) is 4.79 Å². The van der Waals surface area contributed by atoms with Gasteiger partial charge in [-0.1, -0.05) is 25.3 Å². The van der Waals surface area contributed by atoms with Gasteiger partial charge >= 0.3 is 0 Å². The van der Waals surface area contributed by atoms with Crippen molar-refractivity contribution in [3.8, 4) is 0 Å². The minimum atomic E-state index is 0. The van der Waals surface area contributed by atoms with E-state index in [4.69, 9.17) is 0 Å². The van der Waals surface area contributed by atoms with Crippen molar-refractivity contribution in [2.45, 2.75) is 44.6 Å². The van der Waals surface area contributed by atoms with Gasteiger partial charge in [0, 0.05) is 58.4 Å². The highest BCUT2D eigenvalue weighted by atomic mass is 127. The van der Waals surface area contributed by atoms with Gasteiger partial charge < -0.3 is 20.4 Å². The Morgan fingerprint density at radius 1 is 1.18 bits per heavy atom. The van der Waals surface area contributed by atoms with Gasteiger partial charge in [0.15, 0.2) is 5.96 Å². The van der Waals surface area contributed by atoms with Crippen LogP contribution in [0.2, 0.25) is 0 Å². The summed E-state index contributed by atoms with van der Waals surface area (Å²) in [6.07, 6.45) is 8.35. The number of aromatic nitrogens is 1. The van der Waals surface area contributed by atoms with Crippen molar-refractivity contribution >= 4 is 41.7 Å². The molecule has 0 bridgehead atoms. The first-order valence-corrected chi connectivity index (χ1v) is 10.2. The zero-order valence-electron chi connectivity index (χ0n) is 16.8. The van der Waals surface area contributed by atoms with Crippen LogP contribution in [0.4, 0.5) is 5.82 Å². The molecule has 0 unspecified atom stereocenters. The van der Waals surface area contributed by atoms with Crippen LogP contribution in [0, 0.1) is 0 Å². The van der Waals surface area contributed by atoms with Crippen LogP contribution in [0.5, 0.6) is 0 Å². The molecule has 0 atom stereocenters. The van der Waals surface area contributed by atoms with Gasteiger partial charge in [0.05, 0.1) is 0 Å². The van der Waals surface area contributed by atoms with Gasteiger partial charge in [0.2, 0.25) is 5.91 Å². The smallest absolute Gasteiger partial charge is 0.221 e. The second kappa shape index (κ2) is 12.1. The van der Waals surface area contributed by atoms with Crippen LogP contribution in [0.15, 0.2) is 29.4 Å². The predicted octanol–water partition coefficient (Wildman–Crippen LogP) is 2.24. The van der Waals surface area contributed by atoms with Gasteiger partial charge in [-0.05, 0) is 25.0 Å². The van der Waals surface area contributed by atoms with Crippen LogP contribution in [0.25, 0.3) is 0 Å². The standard InChI is InChI=1S/C20H32N6O.HI/c1-21-20(23-12-10-19(27)24-17-7-3-2-4-8-17)26-15-13-25(14-16-26)18-9-5-6-11-22-18;/h5-6,9,11,17H,2-4,7-8,10,12-16H2,1H3,(H,21,23)(H,24,27);1H. The number of carbonyl (C=O) groups excluding carboxylic acids is 1. The number of anilines is 1. The number of piperazine rings is 1. The molecule has 1 saturated carbocycles. The predicted molar refractivity (Wildman–Crippen MR) is 124 cm³/mol. The molecule has 8 heteroatoms. The van der Waals surface area contributed by atoms with E-state index in [1.54, 1.807) is 7.05 Å². The maximum absolute atomic E-state index is 12.1. The van der Waals surface area contributed by atoms with Gasteiger partial charge in [-0.3, -0.25) is 9.79 Å². The van der Waals surface area contributed by atoms with E-state index in [1.165, 1.54) is 19.3 Å². The lowest BCUT2D eigenvalue weighted by Gasteiger charge is -2.37. The molecule has 1 saturated heterocycles. The summed E-state index contributed by atoms with van der Waals surface area (Å²) in [7, 11) is 1.80. The summed E-state index contributed by atoms with van der Waals surface area (Å²) in [5, 5.41) is 6.51. The lowest BCUT2D eigenvalue weighted by Crippen LogP contribution is -2.53. The molecule has 7 nitrogen and oxygen atoms in total. The molecular formula is C20H33IN6O. The molecule has 1 aliphatic carbocycles. The number of guanidine groups is 1. The number of amides is 1. The Hall–Kier alpha value is -1.58. The highest BCUT2D eigenvalue weighted by Gasteiger charge is 2.20. The molecule has 2 aliphatic rings. The Morgan fingerprint density at radius 3 is 2.57 bits per heavy atom. The van der Waals surface area contributed by atoms with E-state index >= 15 is 0 Å². The Labute approximate surface area is 185 Å². The fourth-order valence-electron chi connectivity index (χ4n) is 3.86. The fraction of sp³-hybridized carbons (Fsp3) is 0.650. The van der Waals surface area contributed by atoms with E-state index in [0.717, 1.165) is 50.8 Å². The first-order chi connectivity index (χ1) is 13.3. The molecule has 0 aromatic carbocycles. The normalized spacial score (nSPS) is 18.4. The number of nitrogens with zero attached hydrogens (tertiary/aromatic N) is 4. The van der Waals surface area contributed by atoms with Crippen molar-refractivity contribution in [2.24, 2.45) is 4.99 Å². The van der Waals surface area contributed by atoms with Crippen molar-refractivity contribution in [3.63, 3.8) is 0 Å². The van der Waals surface area contributed by atoms with E-state index < -0.39 is 0 Å². The maximum atomic E-state index is 12.1. The fourth-order valence-corrected chi connectivity index (χ4v) is 3.86. The highest BCUT2D eigenvalue weighted by Crippen LogP contribution is 2.17. The van der Waals surface area contributed by atoms with Gasteiger partial charge in [-0.25, -0.2) is 4.98 Å². The van der Waals surface area contributed by atoms with Gasteiger partial charge in [0.25, 0.3) is 0 Å². The van der Waals surface area contributed by atoms with Crippen LogP contribution >= 0.6 is 24.0 Å². The largest absolute Gasteiger partial charge is 0.356 e. The zero-order chi connectivity index (χ0) is 18.9. The summed E-state index contributed by atoms with van der Waals surface area (Å²) in [5.41, 5.74) is 0. The third-order valence-corrected chi connectivity index (χ3v) is 5.37. The molecule has 1 amide bonds. The number of hydrogen-bond acceptors (Lipinski definition) is 4. The Kier molecular flexibility index (Phi) is 9.80. The molecule has 28 heavy (non-hydrogen) atoms. The van der Waals surface area contributed by atoms with Gasteiger partial charge in [0.1, 0.15) is 5.82 Å². The number of rotatable bonds is 5. The van der Waals surface area contributed by atoms with Gasteiger partial charge in [-0.2, -0.15) is 0 Å². The summed E-state index contributed by atoms with van der Waals surface area (Å²) in [6, 6.07) is 6.39. The monoisotopic (exact) mass is 500 g/mol. The molecule has 1 aromatic heterocycles. The minimum Gasteiger partial charge on any atom is -0.356 e. The average Bonchev–Trinajstić information content (AvgIpc) is 2.73. The molecule has 2 fully saturated rings. The Balaban J connectivity index is 0.00000280. The number of nitrogens with one attached hydrogen (secondary N) is 2. The third kappa shape index (κ3) is 6.79. The lowest BCUT2D eigenvalue weighted by atomic mass is 9.95. The van der Waals surface area contributed by atoms with Crippen LogP contribution in [0.3, 0.4) is 0 Å². The van der Waals surface area contributed by atoms with Crippen molar-refractivity contribution in [3.05, 3.63) is 24.4 Å². The van der Waals surface area contributed by atoms with Crippen LogP contribution in [0.1, 0.15) is 38.5 Å². The van der Waals surface area contributed by atoms with Crippen molar-refractivity contribution in [1.82, 2.24) is 20.5 Å². The summed E-state index contributed by atoms with van der Waals surface area (Å²) >= 11 is 0. The quantitative estimate of drug-likeness (QED) is 0.369. The van der Waals surface area contributed by atoms with E-state index in [0.29, 0.717) is 19.0 Å². The first-order valence-electron chi connectivity index (χ1n) is 10.2. The van der Waals surface area contributed by atoms with Crippen LogP contribution in [-0.4, -0.2) is 67.6 Å². The number of carbonyl (C=O) groups is 1. The first kappa shape index (κ1) is 22.7. The second-order valence-corrected chi connectivity index (χ2v) is 7.29. The topological polar surface area (TPSA) is 72.9 Å². The summed E-state index contributed by atoms with van der Waals surface area (Å²) in [5.74, 6) is 2.05. The van der Waals surface area contributed by atoms with Crippen LogP contribution < -0.4 is 15.5 Å². The molecule has 1 aromatic rings. The second-order valence-electron chi connectivity index (χ2n) is 7.29. The summed E-state index contributed by atoms with van der Waals surface area (Å²) in [4.78, 5) is 25.5. The van der Waals surface area contributed by atoms with Gasteiger partial charge in [-0.15, -0.1) is 24.0 Å². The minimum absolute atomic E-state index is 0. The highest BCUT2D eigenvalue weighted by molar-refractivity contribution is 14.0. The zero-order valence-corrected chi connectivity index (χ0v) is 19.1. The van der Waals surface area contributed by atoms with Crippen molar-refractivity contribution < 1.29 is 4.79 Å². The molecular weight excluding hydrogens is 467 g/mol. The molecule has 2 N–H and O–H groups in total. The molecule has 0 spiro atoms. The van der Waals surface area contributed by atoms with Crippen LogP contribution in [-0.2, 0) is 4.79 Å². The number of hydrogen-bond donors (Lipinski definition) is 2. The van der Waals surface area contributed by atoms with E-state index in [1.807, 2.05) is 24.4 Å². The molecule has 0 radical (unpaired) electrons. The molecule has 3 rings (SSSR count). The molecule has 156 valence electrons. The SMILES string of the molecule is CN=C(NCCC(=O)NC1CCCCC1)N1CCN(c2ccccn2)CC1.I. The average molecular weight is 500 g/mol. The number of pyridine rings is 1. The van der Waals surface area contributed by atoms with Crippen molar-refractivity contribution in [2.75, 3.05) is 44.7 Å². The Morgan fingerprint density at radius 2 is 1.93 bits per heavy atom. The summed E-state index contributed by atoms with van der Waals surface area (Å²) < 4.78 is 0. The van der Waals surface area contributed by atoms with E-state index in [2.05, 4.69) is 30.4 Å². The lowest BCUT2D eigenvalue weighted by molar-refractivity contribution is -0.121. The van der Waals surface area contributed by atoms with Crippen molar-refractivity contribution in [1.29, 1.82) is 0 Å². The number of halogens is 1.